The number of para-hydroxylation sites is 1. The molecule has 2 radical (unpaired) electrons. The molecular formula is C20H20BN5O2S. The molecule has 1 fully saturated rings. The fourth-order valence-electron chi connectivity index (χ4n) is 3.25. The van der Waals surface area contributed by atoms with E-state index in [-0.39, 0.29) is 11.8 Å². The smallest absolute Gasteiger partial charge is 0.219 e. The molecule has 4 rings (SSSR count). The van der Waals surface area contributed by atoms with Gasteiger partial charge in [0.15, 0.2) is 11.6 Å². The second-order valence-corrected chi connectivity index (χ2v) is 7.65. The number of ether oxygens (including phenoxy) is 1. The van der Waals surface area contributed by atoms with E-state index in [0.29, 0.717) is 27.9 Å². The summed E-state index contributed by atoms with van der Waals surface area (Å²) < 4.78 is 10.4. The summed E-state index contributed by atoms with van der Waals surface area (Å²) in [6.07, 6.45) is 3.32. The van der Waals surface area contributed by atoms with E-state index >= 15 is 0 Å². The summed E-state index contributed by atoms with van der Waals surface area (Å²) in [6, 6.07) is 11.2. The fourth-order valence-corrected chi connectivity index (χ4v) is 3.90. The molecule has 0 unspecified atom stereocenters. The molecule has 2 aromatic heterocycles. The molecule has 1 aliphatic heterocycles. The van der Waals surface area contributed by atoms with Crippen LogP contribution in [-0.2, 0) is 4.79 Å². The summed E-state index contributed by atoms with van der Waals surface area (Å²) in [5, 5.41) is 3.84. The topological polar surface area (TPSA) is 80.2 Å². The summed E-state index contributed by atoms with van der Waals surface area (Å²) in [5.41, 5.74) is 0.511. The first kappa shape index (κ1) is 19.4. The summed E-state index contributed by atoms with van der Waals surface area (Å²) in [5.74, 6) is 2.92. The molecule has 3 heterocycles. The number of amides is 1. The Balaban J connectivity index is 1.47. The van der Waals surface area contributed by atoms with Crippen molar-refractivity contribution in [2.75, 3.05) is 18.4 Å². The van der Waals surface area contributed by atoms with Crippen molar-refractivity contribution < 1.29 is 9.53 Å². The van der Waals surface area contributed by atoms with Crippen molar-refractivity contribution in [2.24, 2.45) is 0 Å². The Kier molecular flexibility index (Phi) is 5.75. The monoisotopic (exact) mass is 405 g/mol. The number of aromatic nitrogens is 3. The maximum Gasteiger partial charge on any atom is 0.219 e. The van der Waals surface area contributed by atoms with Crippen LogP contribution in [0.3, 0.4) is 0 Å². The first-order valence-corrected chi connectivity index (χ1v) is 10.2. The molecule has 0 spiro atoms. The summed E-state index contributed by atoms with van der Waals surface area (Å²) in [6.45, 7) is 3.10. The molecule has 3 aromatic rings. The van der Waals surface area contributed by atoms with Gasteiger partial charge in [-0.2, -0.15) is 4.37 Å². The SMILES string of the molecule is [B]c1cnc(Nc2nc(C3CCN(C(C)=O)CC3)ns2)c(Oc2ccccc2)c1. The Morgan fingerprint density at radius 1 is 1.28 bits per heavy atom. The molecule has 0 atom stereocenters. The van der Waals surface area contributed by atoms with Crippen LogP contribution in [0, 0.1) is 0 Å². The van der Waals surface area contributed by atoms with Crippen LogP contribution in [0.4, 0.5) is 10.9 Å². The average Bonchev–Trinajstić information content (AvgIpc) is 3.19. The molecule has 7 nitrogen and oxygen atoms in total. The predicted octanol–water partition coefficient (Wildman–Crippen LogP) is 2.99. The number of rotatable bonds is 5. The number of carbonyl (C=O) groups excluding carboxylic acids is 1. The van der Waals surface area contributed by atoms with Gasteiger partial charge in [0.25, 0.3) is 0 Å². The van der Waals surface area contributed by atoms with Crippen LogP contribution in [0.5, 0.6) is 11.5 Å². The van der Waals surface area contributed by atoms with E-state index < -0.39 is 0 Å². The highest BCUT2D eigenvalue weighted by atomic mass is 32.1. The highest BCUT2D eigenvalue weighted by Crippen LogP contribution is 2.32. The second-order valence-electron chi connectivity index (χ2n) is 6.89. The maximum atomic E-state index is 11.5. The van der Waals surface area contributed by atoms with E-state index in [1.807, 2.05) is 35.2 Å². The molecule has 0 aliphatic carbocycles. The van der Waals surface area contributed by atoms with Crippen molar-refractivity contribution in [1.29, 1.82) is 0 Å². The van der Waals surface area contributed by atoms with Crippen molar-refractivity contribution in [3.05, 3.63) is 48.4 Å². The lowest BCUT2D eigenvalue weighted by molar-refractivity contribution is -0.129. The van der Waals surface area contributed by atoms with Crippen molar-refractivity contribution in [1.82, 2.24) is 19.2 Å². The Morgan fingerprint density at radius 3 is 2.76 bits per heavy atom. The minimum Gasteiger partial charge on any atom is -0.453 e. The quantitative estimate of drug-likeness (QED) is 0.658. The minimum absolute atomic E-state index is 0.123. The van der Waals surface area contributed by atoms with Gasteiger partial charge in [0, 0.05) is 43.7 Å². The van der Waals surface area contributed by atoms with E-state index in [1.54, 1.807) is 19.2 Å². The fraction of sp³-hybridized carbons (Fsp3) is 0.300. The molecule has 0 bridgehead atoms. The molecule has 0 saturated carbocycles. The number of nitrogens with zero attached hydrogens (tertiary/aromatic N) is 4. The zero-order chi connectivity index (χ0) is 20.2. The highest BCUT2D eigenvalue weighted by molar-refractivity contribution is 7.09. The minimum atomic E-state index is 0.123. The first-order valence-electron chi connectivity index (χ1n) is 9.43. The van der Waals surface area contributed by atoms with Crippen LogP contribution in [-0.4, -0.2) is 46.1 Å². The molecule has 1 saturated heterocycles. The molecule has 9 heteroatoms. The van der Waals surface area contributed by atoms with Crippen molar-refractivity contribution in [3.8, 4) is 11.5 Å². The van der Waals surface area contributed by atoms with E-state index in [0.717, 1.165) is 31.8 Å². The van der Waals surface area contributed by atoms with Crippen LogP contribution in [0.1, 0.15) is 31.5 Å². The van der Waals surface area contributed by atoms with Crippen LogP contribution >= 0.6 is 11.5 Å². The van der Waals surface area contributed by atoms with E-state index in [9.17, 15) is 4.79 Å². The molecule has 1 N–H and O–H groups in total. The molecule has 146 valence electrons. The molecule has 1 amide bonds. The number of hydrogen-bond acceptors (Lipinski definition) is 7. The van der Waals surface area contributed by atoms with Gasteiger partial charge in [0.05, 0.1) is 0 Å². The number of pyridine rings is 1. The van der Waals surface area contributed by atoms with Crippen LogP contribution in [0.25, 0.3) is 0 Å². The third kappa shape index (κ3) is 4.74. The molecule has 29 heavy (non-hydrogen) atoms. The Hall–Kier alpha value is -2.94. The van der Waals surface area contributed by atoms with Crippen molar-refractivity contribution >= 4 is 41.7 Å². The maximum absolute atomic E-state index is 11.5. The second kappa shape index (κ2) is 8.61. The third-order valence-corrected chi connectivity index (χ3v) is 5.46. The van der Waals surface area contributed by atoms with Gasteiger partial charge in [0.2, 0.25) is 11.0 Å². The number of likely N-dealkylation sites (tertiary alicyclic amines) is 1. The zero-order valence-corrected chi connectivity index (χ0v) is 16.9. The van der Waals surface area contributed by atoms with Crippen LogP contribution in [0.2, 0.25) is 0 Å². The Bertz CT molecular complexity index is 990. The number of piperidine rings is 1. The van der Waals surface area contributed by atoms with Gasteiger partial charge < -0.3 is 15.0 Å². The Morgan fingerprint density at radius 2 is 2.03 bits per heavy atom. The van der Waals surface area contributed by atoms with Gasteiger partial charge >= 0.3 is 0 Å². The van der Waals surface area contributed by atoms with Gasteiger partial charge in [0.1, 0.15) is 19.4 Å². The number of anilines is 2. The van der Waals surface area contributed by atoms with E-state index in [2.05, 4.69) is 19.7 Å². The number of carbonyl (C=O) groups is 1. The van der Waals surface area contributed by atoms with Crippen molar-refractivity contribution in [3.63, 3.8) is 0 Å². The third-order valence-electron chi connectivity index (χ3n) is 4.82. The average molecular weight is 405 g/mol. The largest absolute Gasteiger partial charge is 0.453 e. The summed E-state index contributed by atoms with van der Waals surface area (Å²) in [7, 11) is 5.89. The van der Waals surface area contributed by atoms with Crippen LogP contribution in [0.15, 0.2) is 42.6 Å². The normalized spacial score (nSPS) is 14.6. The lowest BCUT2D eigenvalue weighted by Crippen LogP contribution is -2.36. The van der Waals surface area contributed by atoms with Gasteiger partial charge in [-0.15, -0.1) is 0 Å². The standard InChI is InChI=1S/C20H20BN5O2S/c1-13(27)26-9-7-14(8-10-26)18-23-20(29-25-18)24-19-17(11-15(21)12-22-19)28-16-5-3-2-4-6-16/h2-6,11-12,14H,7-10H2,1H3,(H,22,23,24,25). The van der Waals surface area contributed by atoms with Gasteiger partial charge in [-0.05, 0) is 31.0 Å². The Labute approximate surface area is 174 Å². The number of nitrogens with one attached hydrogen (secondary N) is 1. The summed E-state index contributed by atoms with van der Waals surface area (Å²) >= 11 is 1.28. The number of benzene rings is 1. The lowest BCUT2D eigenvalue weighted by atomic mass is 9.96. The van der Waals surface area contributed by atoms with Gasteiger partial charge in [-0.3, -0.25) is 4.79 Å². The van der Waals surface area contributed by atoms with Crippen molar-refractivity contribution in [2.45, 2.75) is 25.7 Å². The highest BCUT2D eigenvalue weighted by Gasteiger charge is 2.25. The zero-order valence-electron chi connectivity index (χ0n) is 16.0. The van der Waals surface area contributed by atoms with E-state index in [4.69, 9.17) is 12.6 Å². The predicted molar refractivity (Wildman–Crippen MR) is 114 cm³/mol. The molecule has 1 aromatic carbocycles. The van der Waals surface area contributed by atoms with E-state index in [1.165, 1.54) is 11.5 Å². The van der Waals surface area contributed by atoms with Gasteiger partial charge in [-0.25, -0.2) is 9.97 Å². The van der Waals surface area contributed by atoms with Crippen LogP contribution < -0.4 is 15.5 Å². The first-order chi connectivity index (χ1) is 14.1. The lowest BCUT2D eigenvalue weighted by Gasteiger charge is -2.29. The van der Waals surface area contributed by atoms with Gasteiger partial charge in [-0.1, -0.05) is 23.7 Å². The number of hydrogen-bond donors (Lipinski definition) is 1. The molecule has 1 aliphatic rings. The molecular weight excluding hydrogens is 385 g/mol. The summed E-state index contributed by atoms with van der Waals surface area (Å²) in [4.78, 5) is 22.4.